The summed E-state index contributed by atoms with van der Waals surface area (Å²) in [5, 5.41) is 0. The first-order valence-electron chi connectivity index (χ1n) is 8.98. The molecule has 4 aliphatic carbocycles. The highest BCUT2D eigenvalue weighted by Gasteiger charge is 2.60. The molecule has 0 aromatic heterocycles. The lowest BCUT2D eigenvalue weighted by Gasteiger charge is -2.58. The van der Waals surface area contributed by atoms with Crippen LogP contribution < -0.4 is 0 Å². The van der Waals surface area contributed by atoms with E-state index in [1.807, 2.05) is 0 Å². The van der Waals surface area contributed by atoms with E-state index >= 15 is 0 Å². The smallest absolute Gasteiger partial charge is 0.137 e. The van der Waals surface area contributed by atoms with Gasteiger partial charge in [0.25, 0.3) is 0 Å². The molecule has 21 heavy (non-hydrogen) atoms. The number of carbonyl (C=O) groups excluding carboxylic acids is 2. The average molecular weight is 288 g/mol. The van der Waals surface area contributed by atoms with Crippen LogP contribution in [0.4, 0.5) is 0 Å². The van der Waals surface area contributed by atoms with E-state index < -0.39 is 0 Å². The molecule has 2 heteroatoms. The second-order valence-electron chi connectivity index (χ2n) is 8.93. The molecule has 0 bridgehead atoms. The Hall–Kier alpha value is -0.660. The van der Waals surface area contributed by atoms with Gasteiger partial charge >= 0.3 is 0 Å². The van der Waals surface area contributed by atoms with Crippen molar-refractivity contribution in [3.63, 3.8) is 0 Å². The molecule has 4 rings (SSSR count). The van der Waals surface area contributed by atoms with E-state index in [9.17, 15) is 9.59 Å². The van der Waals surface area contributed by atoms with Gasteiger partial charge < -0.3 is 0 Å². The Bertz CT molecular complexity index is 496. The predicted molar refractivity (Wildman–Crippen MR) is 81.7 cm³/mol. The third-order valence-electron chi connectivity index (χ3n) is 8.06. The maximum atomic E-state index is 12.8. The van der Waals surface area contributed by atoms with Crippen molar-refractivity contribution >= 4 is 11.6 Å². The van der Waals surface area contributed by atoms with Crippen LogP contribution in [0, 0.1) is 34.5 Å². The van der Waals surface area contributed by atoms with E-state index in [1.54, 1.807) is 0 Å². The Kier molecular flexibility index (Phi) is 2.94. The van der Waals surface area contributed by atoms with Gasteiger partial charge in [0.15, 0.2) is 0 Å². The minimum Gasteiger partial charge on any atom is -0.300 e. The highest BCUT2D eigenvalue weighted by atomic mass is 16.1. The molecule has 2 nitrogen and oxygen atoms in total. The Labute approximate surface area is 128 Å². The minimum atomic E-state index is 0.0470. The maximum absolute atomic E-state index is 12.8. The molecule has 0 N–H and O–H groups in total. The number of rotatable bonds is 0. The van der Waals surface area contributed by atoms with Crippen LogP contribution in [0.1, 0.15) is 71.6 Å². The van der Waals surface area contributed by atoms with Crippen LogP contribution in [0.3, 0.4) is 0 Å². The summed E-state index contributed by atoms with van der Waals surface area (Å²) in [6.07, 6.45) is 9.71. The standard InChI is InChI=1S/C19H28O2/c1-18-7-3-4-14(18)13-11-17(21)16-10-12(20)5-9-19(16,2)15(13)6-8-18/h13-16H,3-11H2,1-2H3/t13-,14-,15-,16+,18-,19+/m0/s1. The summed E-state index contributed by atoms with van der Waals surface area (Å²) >= 11 is 0. The Morgan fingerprint density at radius 2 is 1.76 bits per heavy atom. The summed E-state index contributed by atoms with van der Waals surface area (Å²) < 4.78 is 0. The number of fused-ring (bicyclic) bond motifs is 5. The van der Waals surface area contributed by atoms with Crippen LogP contribution in [0.2, 0.25) is 0 Å². The van der Waals surface area contributed by atoms with Gasteiger partial charge in [0.1, 0.15) is 11.6 Å². The van der Waals surface area contributed by atoms with Gasteiger partial charge in [-0.05, 0) is 60.7 Å². The van der Waals surface area contributed by atoms with Crippen LogP contribution in [-0.4, -0.2) is 11.6 Å². The van der Waals surface area contributed by atoms with Crippen molar-refractivity contribution in [2.45, 2.75) is 71.6 Å². The number of ketones is 2. The van der Waals surface area contributed by atoms with Crippen molar-refractivity contribution in [3.05, 3.63) is 0 Å². The quantitative estimate of drug-likeness (QED) is 0.670. The van der Waals surface area contributed by atoms with Gasteiger partial charge in [-0.3, -0.25) is 9.59 Å². The van der Waals surface area contributed by atoms with Crippen LogP contribution >= 0.6 is 0 Å². The molecule has 116 valence electrons. The lowest BCUT2D eigenvalue weighted by Crippen LogP contribution is -2.56. The number of carbonyl (C=O) groups is 2. The van der Waals surface area contributed by atoms with Gasteiger partial charge in [0, 0.05) is 25.2 Å². The summed E-state index contributed by atoms with van der Waals surface area (Å²) in [4.78, 5) is 24.6. The molecule has 4 saturated carbocycles. The van der Waals surface area contributed by atoms with Gasteiger partial charge in [0.2, 0.25) is 0 Å². The largest absolute Gasteiger partial charge is 0.300 e. The van der Waals surface area contributed by atoms with Crippen molar-refractivity contribution in [2.75, 3.05) is 0 Å². The topological polar surface area (TPSA) is 34.1 Å². The lowest BCUT2D eigenvalue weighted by molar-refractivity contribution is -0.157. The molecule has 0 aliphatic heterocycles. The molecule has 0 aromatic rings. The summed E-state index contributed by atoms with van der Waals surface area (Å²) in [5.41, 5.74) is 0.632. The molecule has 0 unspecified atom stereocenters. The van der Waals surface area contributed by atoms with E-state index in [0.717, 1.165) is 18.8 Å². The first kappa shape index (κ1) is 14.0. The summed E-state index contributed by atoms with van der Waals surface area (Å²) in [7, 11) is 0. The van der Waals surface area contributed by atoms with E-state index in [-0.39, 0.29) is 11.3 Å². The van der Waals surface area contributed by atoms with Crippen LogP contribution in [0.25, 0.3) is 0 Å². The maximum Gasteiger partial charge on any atom is 0.137 e. The lowest BCUT2D eigenvalue weighted by atomic mass is 9.45. The van der Waals surface area contributed by atoms with Gasteiger partial charge in [-0.15, -0.1) is 0 Å². The van der Waals surface area contributed by atoms with Gasteiger partial charge in [-0.2, -0.15) is 0 Å². The molecule has 0 spiro atoms. The molecular weight excluding hydrogens is 260 g/mol. The molecule has 0 aromatic carbocycles. The summed E-state index contributed by atoms with van der Waals surface area (Å²) in [5.74, 6) is 2.88. The van der Waals surface area contributed by atoms with Crippen molar-refractivity contribution in [3.8, 4) is 0 Å². The van der Waals surface area contributed by atoms with Crippen molar-refractivity contribution in [2.24, 2.45) is 34.5 Å². The zero-order valence-corrected chi connectivity index (χ0v) is 13.5. The SMILES string of the molecule is C[C@@]12CCC[C@H]1[C@@H]1CC(=O)[C@H]3CC(=O)CC[C@]3(C)[C@H]1CC2. The highest BCUT2D eigenvalue weighted by molar-refractivity contribution is 5.90. The molecule has 0 heterocycles. The van der Waals surface area contributed by atoms with E-state index in [2.05, 4.69) is 13.8 Å². The molecule has 0 radical (unpaired) electrons. The number of hydrogen-bond donors (Lipinski definition) is 0. The monoisotopic (exact) mass is 288 g/mol. The van der Waals surface area contributed by atoms with Crippen molar-refractivity contribution in [1.82, 2.24) is 0 Å². The normalized spacial score (nSPS) is 53.0. The third kappa shape index (κ3) is 1.83. The van der Waals surface area contributed by atoms with E-state index in [0.29, 0.717) is 41.7 Å². The fourth-order valence-corrected chi connectivity index (χ4v) is 6.83. The van der Waals surface area contributed by atoms with Gasteiger partial charge in [-0.1, -0.05) is 20.3 Å². The number of Topliss-reactive ketones (excluding diaryl/α,β-unsaturated/α-hetero) is 2. The highest BCUT2D eigenvalue weighted by Crippen LogP contribution is 2.65. The second-order valence-corrected chi connectivity index (χ2v) is 8.93. The zero-order chi connectivity index (χ0) is 14.8. The minimum absolute atomic E-state index is 0.0470. The second kappa shape index (κ2) is 4.43. The van der Waals surface area contributed by atoms with Crippen LogP contribution in [-0.2, 0) is 9.59 Å². The average Bonchev–Trinajstić information content (AvgIpc) is 2.83. The first-order valence-corrected chi connectivity index (χ1v) is 8.98. The fraction of sp³-hybridized carbons (Fsp3) is 0.895. The molecule has 4 fully saturated rings. The summed E-state index contributed by atoms with van der Waals surface area (Å²) in [6, 6.07) is 0. The Morgan fingerprint density at radius 3 is 2.57 bits per heavy atom. The molecule has 0 amide bonds. The zero-order valence-electron chi connectivity index (χ0n) is 13.5. The number of hydrogen-bond acceptors (Lipinski definition) is 2. The molecule has 4 aliphatic rings. The Balaban J connectivity index is 1.70. The van der Waals surface area contributed by atoms with Crippen molar-refractivity contribution in [1.29, 1.82) is 0 Å². The van der Waals surface area contributed by atoms with Gasteiger partial charge in [0.05, 0.1) is 0 Å². The van der Waals surface area contributed by atoms with Crippen molar-refractivity contribution < 1.29 is 9.59 Å². The third-order valence-corrected chi connectivity index (χ3v) is 8.06. The van der Waals surface area contributed by atoms with E-state index in [1.165, 1.54) is 32.1 Å². The molecule has 6 atom stereocenters. The Morgan fingerprint density at radius 1 is 0.952 bits per heavy atom. The van der Waals surface area contributed by atoms with E-state index in [4.69, 9.17) is 0 Å². The first-order chi connectivity index (χ1) is 9.94. The summed E-state index contributed by atoms with van der Waals surface area (Å²) in [6.45, 7) is 4.82. The van der Waals surface area contributed by atoms with Crippen LogP contribution in [0.5, 0.6) is 0 Å². The van der Waals surface area contributed by atoms with Crippen LogP contribution in [0.15, 0.2) is 0 Å². The molecular formula is C19H28O2. The fourth-order valence-electron chi connectivity index (χ4n) is 6.83. The van der Waals surface area contributed by atoms with Gasteiger partial charge in [-0.25, -0.2) is 0 Å². The predicted octanol–water partition coefficient (Wildman–Crippen LogP) is 4.17. The molecule has 0 saturated heterocycles.